The third-order valence-electron chi connectivity index (χ3n) is 4.36. The molecule has 0 rings (SSSR count). The number of allylic oxidation sites excluding steroid dienone is 2. The van der Waals surface area contributed by atoms with E-state index in [1.54, 1.807) is 0 Å². The molecule has 0 fully saturated rings. The molecule has 1 atom stereocenters. The number of hydrogen-bond donors (Lipinski definition) is 1. The molecule has 0 aliphatic rings. The Morgan fingerprint density at radius 1 is 0.963 bits per heavy atom. The van der Waals surface area contributed by atoms with Crippen molar-refractivity contribution in [1.82, 2.24) is 0 Å². The molecule has 0 spiro atoms. The summed E-state index contributed by atoms with van der Waals surface area (Å²) in [6, 6.07) is 0. The Morgan fingerprint density at radius 2 is 1.48 bits per heavy atom. The lowest BCUT2D eigenvalue weighted by Gasteiger charge is -2.34. The van der Waals surface area contributed by atoms with E-state index in [0.29, 0.717) is 10.9 Å². The van der Waals surface area contributed by atoms with Crippen LogP contribution in [0.2, 0.25) is 0 Å². The molecule has 0 radical (unpaired) electrons. The Bertz CT molecular complexity index is 442. The number of nitrogens with zero attached hydrogens (tertiary/aromatic N) is 1. The minimum Gasteiger partial charge on any atom is -0.550 e. The summed E-state index contributed by atoms with van der Waals surface area (Å²) < 4.78 is 0.313. The fourth-order valence-electron chi connectivity index (χ4n) is 3.16. The van der Waals surface area contributed by atoms with Crippen LogP contribution in [0.5, 0.6) is 0 Å². The van der Waals surface area contributed by atoms with Crippen LogP contribution in [0.15, 0.2) is 12.2 Å². The second-order valence-corrected chi connectivity index (χ2v) is 8.37. The van der Waals surface area contributed by atoms with Gasteiger partial charge in [0, 0.05) is 18.8 Å². The Balaban J connectivity index is 0. The van der Waals surface area contributed by atoms with Crippen LogP contribution in [0.4, 0.5) is 0 Å². The topological polar surface area (TPSA) is 109 Å². The monoisotopic (exact) mass is 387 g/mol. The number of likely N-dealkylation sites (N-methyl/N-ethyl adjacent to an activating group) is 1. The first-order valence-corrected chi connectivity index (χ1v) is 10.0. The number of aliphatic hydroxyl groups is 1. The molecule has 6 nitrogen and oxygen atoms in total. The van der Waals surface area contributed by atoms with Crippen LogP contribution < -0.4 is 5.11 Å². The zero-order chi connectivity index (χ0) is 20.1. The van der Waals surface area contributed by atoms with Gasteiger partial charge < -0.3 is 25.0 Å². The van der Waals surface area contributed by atoms with Gasteiger partial charge in [-0.1, -0.05) is 51.2 Å². The highest BCUT2D eigenvalue weighted by Crippen LogP contribution is 2.19. The van der Waals surface area contributed by atoms with Gasteiger partial charge in [0.05, 0.1) is 21.1 Å². The summed E-state index contributed by atoms with van der Waals surface area (Å²) in [6.45, 7) is 2.28. The number of aliphatic carboxylic acids is 1. The van der Waals surface area contributed by atoms with E-state index in [-0.39, 0.29) is 18.4 Å². The maximum atomic E-state index is 12.4. The van der Waals surface area contributed by atoms with Gasteiger partial charge in [0.2, 0.25) is 0 Å². The smallest absolute Gasteiger partial charge is 0.177 e. The Kier molecular flexibility index (Phi) is 15.3. The molecule has 1 unspecified atom stereocenters. The van der Waals surface area contributed by atoms with Gasteiger partial charge in [0.25, 0.3) is 0 Å². The number of carboxylic acids is 1. The Hall–Kier alpha value is -1.24. The maximum Gasteiger partial charge on any atom is 0.177 e. The molecule has 3 N–H and O–H groups in total. The van der Waals surface area contributed by atoms with E-state index in [4.69, 9.17) is 0 Å². The summed E-state index contributed by atoms with van der Waals surface area (Å²) in [4.78, 5) is 23.3. The number of carboxylic acid groups (broad SMARTS) is 1. The van der Waals surface area contributed by atoms with Crippen molar-refractivity contribution in [3.63, 3.8) is 0 Å². The van der Waals surface area contributed by atoms with Gasteiger partial charge in [-0.05, 0) is 25.7 Å². The fraction of sp³-hybridized carbons (Fsp3) is 0.810. The van der Waals surface area contributed by atoms with Crippen molar-refractivity contribution < 1.29 is 29.8 Å². The molecule has 0 aliphatic carbocycles. The number of carbonyl (C=O) groups excluding carboxylic acids is 2. The SMILES string of the molecule is CCCCCCCC/C=C\CCCC(=O)C(O)(CC(=O)[O-])C[N+](C)(C)C.O. The Morgan fingerprint density at radius 3 is 2.00 bits per heavy atom. The van der Waals surface area contributed by atoms with E-state index in [9.17, 15) is 19.8 Å². The molecule has 160 valence electrons. The van der Waals surface area contributed by atoms with Crippen LogP contribution in [-0.4, -0.2) is 60.1 Å². The third kappa shape index (κ3) is 15.5. The minimum absolute atomic E-state index is 0. The molecule has 0 heterocycles. The largest absolute Gasteiger partial charge is 0.550 e. The van der Waals surface area contributed by atoms with Crippen LogP contribution in [0.3, 0.4) is 0 Å². The van der Waals surface area contributed by atoms with E-state index < -0.39 is 23.8 Å². The summed E-state index contributed by atoms with van der Waals surface area (Å²) in [5.41, 5.74) is -1.85. The van der Waals surface area contributed by atoms with Gasteiger partial charge >= 0.3 is 0 Å². The van der Waals surface area contributed by atoms with E-state index in [0.717, 1.165) is 12.8 Å². The van der Waals surface area contributed by atoms with E-state index >= 15 is 0 Å². The lowest BCUT2D eigenvalue weighted by molar-refractivity contribution is -0.875. The van der Waals surface area contributed by atoms with Gasteiger partial charge in [-0.3, -0.25) is 4.79 Å². The van der Waals surface area contributed by atoms with Crippen molar-refractivity contribution in [1.29, 1.82) is 0 Å². The molecule has 27 heavy (non-hydrogen) atoms. The molecule has 6 heteroatoms. The van der Waals surface area contributed by atoms with Crippen LogP contribution >= 0.6 is 0 Å². The lowest BCUT2D eigenvalue weighted by atomic mass is 9.90. The first kappa shape index (κ1) is 28.0. The number of unbranched alkanes of at least 4 members (excludes halogenated alkanes) is 7. The summed E-state index contributed by atoms with van der Waals surface area (Å²) in [6.07, 6.45) is 13.9. The minimum atomic E-state index is -1.85. The first-order chi connectivity index (χ1) is 12.1. The quantitative estimate of drug-likeness (QED) is 0.247. The predicted octanol–water partition coefficient (Wildman–Crippen LogP) is 1.79. The number of rotatable bonds is 16. The van der Waals surface area contributed by atoms with Crippen molar-refractivity contribution in [3.8, 4) is 0 Å². The zero-order valence-corrected chi connectivity index (χ0v) is 17.8. The third-order valence-corrected chi connectivity index (χ3v) is 4.36. The fourth-order valence-corrected chi connectivity index (χ4v) is 3.16. The van der Waals surface area contributed by atoms with Crippen LogP contribution in [0.25, 0.3) is 0 Å². The number of Topliss-reactive ketones (excluding diaryl/α,β-unsaturated/α-hetero) is 1. The van der Waals surface area contributed by atoms with Gasteiger partial charge in [0.1, 0.15) is 6.54 Å². The van der Waals surface area contributed by atoms with Gasteiger partial charge in [-0.2, -0.15) is 0 Å². The predicted molar refractivity (Wildman–Crippen MR) is 107 cm³/mol. The van der Waals surface area contributed by atoms with Crippen molar-refractivity contribution in [2.75, 3.05) is 27.7 Å². The van der Waals surface area contributed by atoms with E-state index in [1.165, 1.54) is 38.5 Å². The maximum absolute atomic E-state index is 12.4. The van der Waals surface area contributed by atoms with Crippen LogP contribution in [0.1, 0.15) is 77.6 Å². The highest BCUT2D eigenvalue weighted by Gasteiger charge is 2.40. The van der Waals surface area contributed by atoms with Crippen molar-refractivity contribution in [2.45, 2.75) is 83.2 Å². The molecule has 0 bridgehead atoms. The highest BCUT2D eigenvalue weighted by atomic mass is 16.4. The first-order valence-electron chi connectivity index (χ1n) is 10.0. The van der Waals surface area contributed by atoms with Crippen LogP contribution in [-0.2, 0) is 9.59 Å². The summed E-state index contributed by atoms with van der Waals surface area (Å²) in [5.74, 6) is -1.80. The molecule has 0 saturated heterocycles. The molecular formula is C21H41NO5. The molecule has 0 amide bonds. The standard InChI is InChI=1S/C21H39NO4.H2O/c1-5-6-7-8-9-10-11-12-13-14-15-16-19(23)21(26,17-20(24)25)18-22(2,3)4;/h12-13,26H,5-11,14-18H2,1-4H3;1H2/b13-12-;. The molecular weight excluding hydrogens is 346 g/mol. The average Bonchev–Trinajstić information content (AvgIpc) is 2.49. The molecule has 0 aromatic carbocycles. The van der Waals surface area contributed by atoms with Crippen molar-refractivity contribution in [2.24, 2.45) is 0 Å². The summed E-state index contributed by atoms with van der Waals surface area (Å²) in [5, 5.41) is 21.5. The van der Waals surface area contributed by atoms with Crippen molar-refractivity contribution in [3.05, 3.63) is 12.2 Å². The van der Waals surface area contributed by atoms with Crippen molar-refractivity contribution >= 4 is 11.8 Å². The molecule has 0 saturated carbocycles. The molecule has 0 aromatic heterocycles. The average molecular weight is 388 g/mol. The summed E-state index contributed by atoms with van der Waals surface area (Å²) >= 11 is 0. The highest BCUT2D eigenvalue weighted by molar-refractivity contribution is 5.90. The summed E-state index contributed by atoms with van der Waals surface area (Å²) in [7, 11) is 5.45. The zero-order valence-electron chi connectivity index (χ0n) is 17.8. The second-order valence-electron chi connectivity index (χ2n) is 8.37. The van der Waals surface area contributed by atoms with Gasteiger partial charge in [0.15, 0.2) is 11.4 Å². The number of quaternary nitrogens is 1. The van der Waals surface area contributed by atoms with Gasteiger partial charge in [-0.25, -0.2) is 0 Å². The number of ketones is 1. The normalized spacial score (nSPS) is 14.0. The molecule has 0 aromatic rings. The number of hydrogen-bond acceptors (Lipinski definition) is 4. The second kappa shape index (κ2) is 14.8. The van der Waals surface area contributed by atoms with E-state index in [2.05, 4.69) is 19.1 Å². The van der Waals surface area contributed by atoms with Gasteiger partial charge in [-0.15, -0.1) is 0 Å². The molecule has 0 aliphatic heterocycles. The lowest BCUT2D eigenvalue weighted by Crippen LogP contribution is -2.56. The van der Waals surface area contributed by atoms with Crippen LogP contribution in [0, 0.1) is 0 Å². The van der Waals surface area contributed by atoms with E-state index in [1.807, 2.05) is 21.1 Å². The Labute approximate surface area is 165 Å². The number of carbonyl (C=O) groups is 2.